The van der Waals surface area contributed by atoms with Crippen LogP contribution in [0.5, 0.6) is 5.75 Å². The molecular formula is C29H31N3O7S. The molecule has 0 spiro atoms. The van der Waals surface area contributed by atoms with Gasteiger partial charge in [-0.3, -0.25) is 14.9 Å². The van der Waals surface area contributed by atoms with Crippen molar-refractivity contribution in [1.29, 1.82) is 0 Å². The number of carbonyl (C=O) groups excluding carboxylic acids is 4. The summed E-state index contributed by atoms with van der Waals surface area (Å²) in [6.07, 6.45) is 3.13. The Bertz CT molecular complexity index is 1450. The third kappa shape index (κ3) is 7.44. The van der Waals surface area contributed by atoms with Crippen LogP contribution < -0.4 is 15.4 Å². The quantitative estimate of drug-likeness (QED) is 0.284. The lowest BCUT2D eigenvalue weighted by atomic mass is 10.1. The molecule has 210 valence electrons. The lowest BCUT2D eigenvalue weighted by molar-refractivity contribution is -0.143. The van der Waals surface area contributed by atoms with Crippen molar-refractivity contribution in [2.24, 2.45) is 0 Å². The number of benzene rings is 2. The van der Waals surface area contributed by atoms with E-state index in [1.54, 1.807) is 39.0 Å². The molecule has 1 fully saturated rings. The summed E-state index contributed by atoms with van der Waals surface area (Å²) in [7, 11) is 1.28. The van der Waals surface area contributed by atoms with Crippen molar-refractivity contribution in [2.75, 3.05) is 13.7 Å². The van der Waals surface area contributed by atoms with Crippen LogP contribution in [0.25, 0.3) is 17.0 Å². The normalized spacial score (nSPS) is 15.2. The first-order chi connectivity index (χ1) is 19.0. The molecular weight excluding hydrogens is 534 g/mol. The SMILES string of the molecule is COC(=O)C(Cc1cn(CCOc2ccc(/C=C3\SC(=O)NC3=O)cc2)c2ccccc12)NC(=O)OC(C)(C)C. The molecule has 1 atom stereocenters. The van der Waals surface area contributed by atoms with Gasteiger partial charge in [0.05, 0.1) is 18.6 Å². The van der Waals surface area contributed by atoms with E-state index in [0.29, 0.717) is 23.8 Å². The van der Waals surface area contributed by atoms with Gasteiger partial charge in [-0.05, 0) is 67.9 Å². The molecule has 0 saturated carbocycles. The number of amides is 3. The predicted octanol–water partition coefficient (Wildman–Crippen LogP) is 4.65. The number of nitrogens with one attached hydrogen (secondary N) is 2. The van der Waals surface area contributed by atoms with E-state index in [2.05, 4.69) is 10.6 Å². The van der Waals surface area contributed by atoms with Crippen molar-refractivity contribution in [3.8, 4) is 5.75 Å². The second-order valence-electron chi connectivity index (χ2n) is 10.1. The molecule has 1 aromatic heterocycles. The molecule has 10 nitrogen and oxygen atoms in total. The van der Waals surface area contributed by atoms with Gasteiger partial charge in [0.2, 0.25) is 0 Å². The maximum absolute atomic E-state index is 12.5. The van der Waals surface area contributed by atoms with Gasteiger partial charge >= 0.3 is 12.1 Å². The maximum atomic E-state index is 12.5. The van der Waals surface area contributed by atoms with E-state index in [-0.39, 0.29) is 11.7 Å². The van der Waals surface area contributed by atoms with Gasteiger partial charge in [-0.15, -0.1) is 0 Å². The smallest absolute Gasteiger partial charge is 0.408 e. The molecule has 2 heterocycles. The third-order valence-corrected chi connectivity index (χ3v) is 6.70. The molecule has 1 aliphatic rings. The van der Waals surface area contributed by atoms with E-state index in [0.717, 1.165) is 33.8 Å². The summed E-state index contributed by atoms with van der Waals surface area (Å²) in [5.74, 6) is -0.304. The number of nitrogens with zero attached hydrogens (tertiary/aromatic N) is 1. The molecule has 1 saturated heterocycles. The Morgan fingerprint density at radius 1 is 1.10 bits per heavy atom. The zero-order valence-electron chi connectivity index (χ0n) is 22.7. The van der Waals surface area contributed by atoms with E-state index < -0.39 is 29.6 Å². The van der Waals surface area contributed by atoms with E-state index in [1.165, 1.54) is 7.11 Å². The van der Waals surface area contributed by atoms with Gasteiger partial charge in [0.25, 0.3) is 11.1 Å². The highest BCUT2D eigenvalue weighted by molar-refractivity contribution is 8.18. The summed E-state index contributed by atoms with van der Waals surface area (Å²) >= 11 is 0.873. The Balaban J connectivity index is 1.42. The number of fused-ring (bicyclic) bond motifs is 1. The minimum absolute atomic E-state index is 0.221. The van der Waals surface area contributed by atoms with Gasteiger partial charge in [0, 0.05) is 23.5 Å². The number of alkyl carbamates (subject to hydrolysis) is 1. The highest BCUT2D eigenvalue weighted by Gasteiger charge is 2.27. The first-order valence-corrected chi connectivity index (χ1v) is 13.5. The van der Waals surface area contributed by atoms with Crippen molar-refractivity contribution in [3.05, 3.63) is 70.8 Å². The number of ether oxygens (including phenoxy) is 3. The fourth-order valence-electron chi connectivity index (χ4n) is 4.17. The average Bonchev–Trinajstić information content (AvgIpc) is 3.41. The second-order valence-corrected chi connectivity index (χ2v) is 11.1. The molecule has 2 N–H and O–H groups in total. The summed E-state index contributed by atoms with van der Waals surface area (Å²) in [6, 6.07) is 14.1. The summed E-state index contributed by atoms with van der Waals surface area (Å²) in [4.78, 5) is 48.3. The molecule has 1 unspecified atom stereocenters. The fourth-order valence-corrected chi connectivity index (χ4v) is 4.85. The molecule has 0 bridgehead atoms. The van der Waals surface area contributed by atoms with Crippen molar-refractivity contribution in [2.45, 2.75) is 45.4 Å². The zero-order chi connectivity index (χ0) is 28.9. The minimum Gasteiger partial charge on any atom is -0.492 e. The standard InChI is InChI=1S/C29H31N3O7S/c1-29(2,3)39-27(35)30-22(26(34)37-4)16-19-17-32(23-8-6-5-7-21(19)23)13-14-38-20-11-9-18(10-12-20)15-24-25(33)31-28(36)40-24/h5-12,15,17,22H,13-14,16H2,1-4H3,(H,30,35)(H,31,33,36)/b24-15-. The molecule has 0 aliphatic carbocycles. The predicted molar refractivity (Wildman–Crippen MR) is 152 cm³/mol. The number of methoxy groups -OCH3 is 1. The molecule has 4 rings (SSSR count). The highest BCUT2D eigenvalue weighted by atomic mass is 32.2. The number of hydrogen-bond acceptors (Lipinski definition) is 8. The van der Waals surface area contributed by atoms with Crippen LogP contribution in [0.2, 0.25) is 0 Å². The largest absolute Gasteiger partial charge is 0.492 e. The molecule has 11 heteroatoms. The minimum atomic E-state index is -0.921. The molecule has 0 radical (unpaired) electrons. The van der Waals surface area contributed by atoms with Gasteiger partial charge in [0.15, 0.2) is 0 Å². The number of hydrogen-bond donors (Lipinski definition) is 2. The van der Waals surface area contributed by atoms with Crippen LogP contribution in [-0.4, -0.2) is 53.1 Å². The molecule has 40 heavy (non-hydrogen) atoms. The number of thioether (sulfide) groups is 1. The summed E-state index contributed by atoms with van der Waals surface area (Å²) in [5, 5.41) is 5.44. The van der Waals surface area contributed by atoms with Gasteiger partial charge in [-0.2, -0.15) is 0 Å². The van der Waals surface area contributed by atoms with Crippen LogP contribution in [0.4, 0.5) is 9.59 Å². The zero-order valence-corrected chi connectivity index (χ0v) is 23.5. The maximum Gasteiger partial charge on any atom is 0.408 e. The summed E-state index contributed by atoms with van der Waals surface area (Å²) in [5.41, 5.74) is 1.91. The van der Waals surface area contributed by atoms with Crippen LogP contribution in [0.1, 0.15) is 31.9 Å². The lowest BCUT2D eigenvalue weighted by Gasteiger charge is -2.22. The van der Waals surface area contributed by atoms with E-state index in [9.17, 15) is 19.2 Å². The first kappa shape index (κ1) is 28.8. The van der Waals surface area contributed by atoms with Gasteiger partial charge in [0.1, 0.15) is 24.0 Å². The summed E-state index contributed by atoms with van der Waals surface area (Å²) < 4.78 is 18.2. The Morgan fingerprint density at radius 2 is 1.82 bits per heavy atom. The summed E-state index contributed by atoms with van der Waals surface area (Å²) in [6.45, 7) is 6.16. The number of rotatable bonds is 9. The molecule has 2 aromatic carbocycles. The number of carbonyl (C=O) groups is 4. The molecule has 3 aromatic rings. The third-order valence-electron chi connectivity index (χ3n) is 5.89. The van der Waals surface area contributed by atoms with Crippen LogP contribution >= 0.6 is 11.8 Å². The topological polar surface area (TPSA) is 125 Å². The van der Waals surface area contributed by atoms with Crippen molar-refractivity contribution in [3.63, 3.8) is 0 Å². The Kier molecular flexibility index (Phi) is 8.83. The number of imide groups is 1. The van der Waals surface area contributed by atoms with E-state index in [1.807, 2.05) is 47.2 Å². The van der Waals surface area contributed by atoms with Crippen molar-refractivity contribution < 1.29 is 33.4 Å². The first-order valence-electron chi connectivity index (χ1n) is 12.6. The van der Waals surface area contributed by atoms with Crippen LogP contribution in [0.15, 0.2) is 59.6 Å². The molecule has 3 amide bonds. The van der Waals surface area contributed by atoms with Crippen molar-refractivity contribution in [1.82, 2.24) is 15.2 Å². The highest BCUT2D eigenvalue weighted by Crippen LogP contribution is 2.26. The number of aromatic nitrogens is 1. The number of para-hydroxylation sites is 1. The van der Waals surface area contributed by atoms with E-state index in [4.69, 9.17) is 14.2 Å². The van der Waals surface area contributed by atoms with Crippen LogP contribution in [0, 0.1) is 0 Å². The van der Waals surface area contributed by atoms with Crippen molar-refractivity contribution >= 4 is 51.9 Å². The van der Waals surface area contributed by atoms with Crippen LogP contribution in [0.3, 0.4) is 0 Å². The Labute approximate surface area is 236 Å². The van der Waals surface area contributed by atoms with Gasteiger partial charge in [-0.1, -0.05) is 30.3 Å². The number of esters is 1. The van der Waals surface area contributed by atoms with Gasteiger partial charge < -0.3 is 24.1 Å². The van der Waals surface area contributed by atoms with E-state index >= 15 is 0 Å². The monoisotopic (exact) mass is 565 g/mol. The average molecular weight is 566 g/mol. The Hall–Kier alpha value is -4.25. The fraction of sp³-hybridized carbons (Fsp3) is 0.310. The molecule has 1 aliphatic heterocycles. The Morgan fingerprint density at radius 3 is 2.48 bits per heavy atom. The van der Waals surface area contributed by atoms with Gasteiger partial charge in [-0.25, -0.2) is 9.59 Å². The van der Waals surface area contributed by atoms with Crippen LogP contribution in [-0.2, 0) is 32.0 Å². The second kappa shape index (κ2) is 12.3. The lowest BCUT2D eigenvalue weighted by Crippen LogP contribution is -2.45.